The molecule has 1 radical (unpaired) electrons. The molecule has 0 unspecified atom stereocenters. The third-order valence-corrected chi connectivity index (χ3v) is 11.9. The summed E-state index contributed by atoms with van der Waals surface area (Å²) in [5, 5.41) is 25.0. The van der Waals surface area contributed by atoms with Crippen molar-refractivity contribution in [2.75, 3.05) is 26.2 Å². The molecule has 4 saturated carbocycles. The van der Waals surface area contributed by atoms with Crippen molar-refractivity contribution in [3.8, 4) is 0 Å². The number of hydrogen-bond donors (Lipinski definition) is 3. The molecule has 1 aliphatic heterocycles. The lowest BCUT2D eigenvalue weighted by molar-refractivity contribution is -0.205. The maximum atomic E-state index is 12.5. The van der Waals surface area contributed by atoms with Crippen LogP contribution >= 0.6 is 0 Å². The molecule has 8 heteroatoms. The van der Waals surface area contributed by atoms with Gasteiger partial charge in [-0.2, -0.15) is 0 Å². The van der Waals surface area contributed by atoms with Crippen LogP contribution in [0.2, 0.25) is 0 Å². The lowest BCUT2D eigenvalue weighted by Gasteiger charge is -2.63. The van der Waals surface area contributed by atoms with Crippen molar-refractivity contribution in [3.05, 3.63) is 40.8 Å². The van der Waals surface area contributed by atoms with Crippen molar-refractivity contribution >= 4 is 6.09 Å². The summed E-state index contributed by atoms with van der Waals surface area (Å²) in [5.74, 6) is 1.28. The van der Waals surface area contributed by atoms with Gasteiger partial charge >= 0.3 is 11.7 Å². The summed E-state index contributed by atoms with van der Waals surface area (Å²) in [7, 11) is 0. The lowest BCUT2D eigenvalue weighted by atomic mass is 9.43. The summed E-state index contributed by atoms with van der Waals surface area (Å²) in [5.41, 5.74) is -0.246. The van der Waals surface area contributed by atoms with Gasteiger partial charge in [-0.15, -0.1) is 0 Å². The predicted molar refractivity (Wildman–Crippen MR) is 146 cm³/mol. The van der Waals surface area contributed by atoms with Gasteiger partial charge in [0, 0.05) is 37.7 Å². The van der Waals surface area contributed by atoms with Gasteiger partial charge in [-0.25, -0.2) is 9.59 Å². The van der Waals surface area contributed by atoms with Gasteiger partial charge in [0.2, 0.25) is 0 Å². The first-order chi connectivity index (χ1) is 18.6. The van der Waals surface area contributed by atoms with Crippen LogP contribution in [0.1, 0.15) is 83.1 Å². The zero-order valence-electron chi connectivity index (χ0n) is 23.4. The first kappa shape index (κ1) is 27.3. The highest BCUT2D eigenvalue weighted by atomic mass is 16.6. The van der Waals surface area contributed by atoms with Crippen LogP contribution in [0.15, 0.2) is 27.6 Å². The molecule has 0 spiro atoms. The number of aliphatic hydroxyl groups is 2. The summed E-state index contributed by atoms with van der Waals surface area (Å²) in [6.07, 6.45) is 11.6. The van der Waals surface area contributed by atoms with E-state index < -0.39 is 5.60 Å². The second-order valence-corrected chi connectivity index (χ2v) is 13.7. The Labute approximate surface area is 231 Å². The lowest BCUT2D eigenvalue weighted by Crippen LogP contribution is -2.62. The summed E-state index contributed by atoms with van der Waals surface area (Å²) in [6.45, 7) is 7.50. The Hall–Kier alpha value is -1.90. The van der Waals surface area contributed by atoms with E-state index in [1.807, 2.05) is 6.07 Å². The number of likely N-dealkylation sites (tertiary alicyclic amines) is 1. The van der Waals surface area contributed by atoms with Gasteiger partial charge < -0.3 is 24.7 Å². The van der Waals surface area contributed by atoms with E-state index in [1.54, 1.807) is 6.26 Å². The highest BCUT2D eigenvalue weighted by Gasteiger charge is 2.67. The van der Waals surface area contributed by atoms with E-state index in [1.165, 1.54) is 6.07 Å². The molecule has 8 nitrogen and oxygen atoms in total. The minimum absolute atomic E-state index is 0.0536. The van der Waals surface area contributed by atoms with Crippen LogP contribution in [0.4, 0.5) is 4.79 Å². The Morgan fingerprint density at radius 1 is 1.15 bits per heavy atom. The second kappa shape index (κ2) is 10.2. The Bertz CT molecular complexity index is 1100. The summed E-state index contributed by atoms with van der Waals surface area (Å²) < 4.78 is 11.1. The van der Waals surface area contributed by atoms with Crippen molar-refractivity contribution in [2.45, 2.75) is 95.4 Å². The van der Waals surface area contributed by atoms with E-state index in [0.29, 0.717) is 31.3 Å². The molecule has 39 heavy (non-hydrogen) atoms. The van der Waals surface area contributed by atoms with Gasteiger partial charge in [0.25, 0.3) is 0 Å². The van der Waals surface area contributed by atoms with Crippen molar-refractivity contribution in [3.63, 3.8) is 0 Å². The van der Waals surface area contributed by atoms with E-state index in [4.69, 9.17) is 9.15 Å². The zero-order valence-corrected chi connectivity index (χ0v) is 23.4. The molecule has 5 aliphatic rings. The number of fused-ring (bicyclic) bond motifs is 5. The molecule has 3 N–H and O–H groups in total. The number of ether oxygens (including phenoxy) is 1. The van der Waals surface area contributed by atoms with Crippen LogP contribution in [-0.4, -0.2) is 65.2 Å². The maximum absolute atomic E-state index is 12.5. The highest BCUT2D eigenvalue weighted by molar-refractivity contribution is 5.67. The fraction of sp³-hybridized carbons (Fsp3) is 0.774. The molecule has 0 bridgehead atoms. The van der Waals surface area contributed by atoms with E-state index in [0.717, 1.165) is 70.0 Å². The number of carbonyl (C=O) groups is 1. The predicted octanol–water partition coefficient (Wildman–Crippen LogP) is 3.86. The standard InChI is InChI=1S/C31H45N2O6/c1-29-11-7-23(39-28(36)32-14-16-33-15-10-22(34)18-33)17-21(29)4-5-26-25(29)8-12-30(2)24(9-13-31(26,30)37)20-3-6-27(35)38-19-20/h3,6,9,19,21-26,34,37H,4-5,7-8,10-18H2,1-2H3,(H,32,36)/t21-,22+,23+,24-,25+,26-,29+,30-,31+/m1/s1. The molecule has 9 atom stereocenters. The van der Waals surface area contributed by atoms with Crippen LogP contribution in [0.5, 0.6) is 0 Å². The van der Waals surface area contributed by atoms with E-state index in [9.17, 15) is 19.8 Å². The van der Waals surface area contributed by atoms with Crippen molar-refractivity contribution in [2.24, 2.45) is 28.6 Å². The zero-order chi connectivity index (χ0) is 27.4. The van der Waals surface area contributed by atoms with Crippen molar-refractivity contribution < 1.29 is 24.2 Å². The average molecular weight is 542 g/mol. The van der Waals surface area contributed by atoms with Gasteiger partial charge in [0.1, 0.15) is 6.10 Å². The minimum Gasteiger partial charge on any atom is -0.446 e. The molecule has 5 fully saturated rings. The molecule has 2 heterocycles. The molecule has 4 aliphatic carbocycles. The Morgan fingerprint density at radius 3 is 2.74 bits per heavy atom. The molecule has 1 aromatic rings. The summed E-state index contributed by atoms with van der Waals surface area (Å²) in [6, 6.07) is 3.35. The second-order valence-electron chi connectivity index (χ2n) is 13.7. The Kier molecular flexibility index (Phi) is 7.12. The van der Waals surface area contributed by atoms with Gasteiger partial charge in [-0.05, 0) is 105 Å². The molecule has 1 amide bonds. The number of nitrogens with zero attached hydrogens (tertiary/aromatic N) is 1. The van der Waals surface area contributed by atoms with Gasteiger partial charge in [-0.3, -0.25) is 4.90 Å². The minimum atomic E-state index is -0.761. The van der Waals surface area contributed by atoms with Gasteiger partial charge in [0.05, 0.1) is 18.0 Å². The third-order valence-electron chi connectivity index (χ3n) is 11.9. The van der Waals surface area contributed by atoms with E-state index in [-0.39, 0.29) is 46.6 Å². The van der Waals surface area contributed by atoms with Gasteiger partial charge in [-0.1, -0.05) is 13.8 Å². The van der Waals surface area contributed by atoms with Crippen LogP contribution in [0, 0.1) is 35.0 Å². The smallest absolute Gasteiger partial charge is 0.407 e. The topological polar surface area (TPSA) is 112 Å². The SMILES string of the molecule is C[C@]12CC[C@H](OC(=O)NCCN3CC[C@H](O)C3)C[C@H]1CC[C@@H]1[C@@H]2CC[C@]2(C)[C@@H](c3ccc(=O)oc3)[CH]C[C@]12O. The number of aliphatic hydroxyl groups excluding tert-OH is 1. The summed E-state index contributed by atoms with van der Waals surface area (Å²) >= 11 is 0. The number of amides is 1. The quantitative estimate of drug-likeness (QED) is 0.519. The molecular formula is C31H45N2O6. The fourth-order valence-electron chi connectivity index (χ4n) is 9.60. The normalized spacial score (nSPS) is 43.8. The monoisotopic (exact) mass is 541 g/mol. The number of β-amino-alcohol motifs (C(OH)–C–C–N with tert-alkyl or cyclic N) is 1. The first-order valence-electron chi connectivity index (χ1n) is 15.1. The number of nitrogens with one attached hydrogen (secondary N) is 1. The Balaban J connectivity index is 1.07. The number of rotatable bonds is 5. The van der Waals surface area contributed by atoms with Crippen LogP contribution < -0.4 is 10.9 Å². The first-order valence-corrected chi connectivity index (χ1v) is 15.1. The van der Waals surface area contributed by atoms with Crippen molar-refractivity contribution in [1.82, 2.24) is 10.2 Å². The largest absolute Gasteiger partial charge is 0.446 e. The van der Waals surface area contributed by atoms with Crippen molar-refractivity contribution in [1.29, 1.82) is 0 Å². The fourth-order valence-corrected chi connectivity index (χ4v) is 9.60. The van der Waals surface area contributed by atoms with Gasteiger partial charge in [0.15, 0.2) is 0 Å². The molecule has 0 aromatic carbocycles. The molecule has 1 aromatic heterocycles. The van der Waals surface area contributed by atoms with E-state index in [2.05, 4.69) is 30.5 Å². The highest BCUT2D eigenvalue weighted by Crippen LogP contribution is 2.70. The maximum Gasteiger partial charge on any atom is 0.407 e. The third kappa shape index (κ3) is 4.64. The number of alkyl carbamates (subject to hydrolysis) is 1. The van der Waals surface area contributed by atoms with Crippen LogP contribution in [0.25, 0.3) is 0 Å². The Morgan fingerprint density at radius 2 is 2.00 bits per heavy atom. The summed E-state index contributed by atoms with van der Waals surface area (Å²) in [4.78, 5) is 26.2. The molecular weight excluding hydrogens is 496 g/mol. The molecule has 1 saturated heterocycles. The number of carbonyl (C=O) groups excluding carboxylic acids is 1. The van der Waals surface area contributed by atoms with E-state index >= 15 is 0 Å². The van der Waals surface area contributed by atoms with Crippen LogP contribution in [-0.2, 0) is 4.74 Å². The molecule has 215 valence electrons. The van der Waals surface area contributed by atoms with Crippen LogP contribution in [0.3, 0.4) is 0 Å². The average Bonchev–Trinajstić information content (AvgIpc) is 3.44. The number of hydrogen-bond acceptors (Lipinski definition) is 7. The molecule has 6 rings (SSSR count).